The molecule has 5 rings (SSSR count). The highest BCUT2D eigenvalue weighted by molar-refractivity contribution is 7.89. The molecule has 0 fully saturated rings. The van der Waals surface area contributed by atoms with E-state index in [9.17, 15) is 13.2 Å². The molecule has 2 heterocycles. The molecule has 0 aliphatic carbocycles. The number of nitrogens with zero attached hydrogens (tertiary/aromatic N) is 1. The van der Waals surface area contributed by atoms with Crippen molar-refractivity contribution in [2.24, 2.45) is 0 Å². The van der Waals surface area contributed by atoms with Crippen molar-refractivity contribution >= 4 is 32.5 Å². The number of benzene rings is 3. The zero-order chi connectivity index (χ0) is 23.9. The van der Waals surface area contributed by atoms with Crippen LogP contribution < -0.4 is 15.0 Å². The van der Waals surface area contributed by atoms with E-state index in [0.717, 1.165) is 16.5 Å². The molecule has 0 radical (unpaired) electrons. The minimum absolute atomic E-state index is 0.0346. The van der Waals surface area contributed by atoms with Gasteiger partial charge in [0.25, 0.3) is 5.56 Å². The van der Waals surface area contributed by atoms with Crippen LogP contribution in [0.25, 0.3) is 10.9 Å². The summed E-state index contributed by atoms with van der Waals surface area (Å²) in [7, 11) is -3.96. The van der Waals surface area contributed by atoms with Gasteiger partial charge in [-0.2, -0.15) is 4.31 Å². The Kier molecular flexibility index (Phi) is 5.81. The maximum absolute atomic E-state index is 13.6. The third-order valence-corrected chi connectivity index (χ3v) is 7.82. The molecule has 0 saturated carbocycles. The quantitative estimate of drug-likeness (QED) is 0.421. The first-order chi connectivity index (χ1) is 16.3. The van der Waals surface area contributed by atoms with E-state index in [1.165, 1.54) is 28.6 Å². The van der Waals surface area contributed by atoms with Crippen molar-refractivity contribution in [3.8, 4) is 11.5 Å². The molecule has 0 spiro atoms. The van der Waals surface area contributed by atoms with E-state index in [1.54, 1.807) is 24.3 Å². The van der Waals surface area contributed by atoms with Gasteiger partial charge < -0.3 is 14.5 Å². The Labute approximate surface area is 201 Å². The lowest BCUT2D eigenvalue weighted by atomic mass is 10.1. The van der Waals surface area contributed by atoms with E-state index in [-0.39, 0.29) is 30.3 Å². The molecule has 1 aromatic heterocycles. The molecule has 3 aromatic carbocycles. The van der Waals surface area contributed by atoms with E-state index >= 15 is 0 Å². The number of halogens is 1. The number of pyridine rings is 1. The summed E-state index contributed by atoms with van der Waals surface area (Å²) in [6.07, 6.45) is 0. The van der Waals surface area contributed by atoms with Crippen LogP contribution in [0.15, 0.2) is 76.4 Å². The Hall–Kier alpha value is -3.33. The van der Waals surface area contributed by atoms with Gasteiger partial charge in [-0.25, -0.2) is 8.42 Å². The van der Waals surface area contributed by atoms with Gasteiger partial charge in [0.2, 0.25) is 16.8 Å². The molecule has 0 unspecified atom stereocenters. The number of para-hydroxylation sites is 1. The number of nitrogens with one attached hydrogen (secondary N) is 1. The van der Waals surface area contributed by atoms with Crippen molar-refractivity contribution in [1.29, 1.82) is 0 Å². The molecular weight excluding hydrogens is 476 g/mol. The van der Waals surface area contributed by atoms with Gasteiger partial charge in [-0.15, -0.1) is 0 Å². The maximum atomic E-state index is 13.6. The van der Waals surface area contributed by atoms with Gasteiger partial charge in [0.05, 0.1) is 10.4 Å². The monoisotopic (exact) mass is 496 g/mol. The highest BCUT2D eigenvalue weighted by Crippen LogP contribution is 2.33. The highest BCUT2D eigenvalue weighted by Gasteiger charge is 2.27. The number of rotatable bonds is 6. The fourth-order valence-corrected chi connectivity index (χ4v) is 5.49. The van der Waals surface area contributed by atoms with Crippen LogP contribution in [0.2, 0.25) is 5.02 Å². The van der Waals surface area contributed by atoms with Gasteiger partial charge in [0, 0.05) is 23.7 Å². The van der Waals surface area contributed by atoms with Gasteiger partial charge in [-0.1, -0.05) is 35.9 Å². The molecule has 0 amide bonds. The lowest BCUT2D eigenvalue weighted by Crippen LogP contribution is -2.32. The molecule has 4 aromatic rings. The molecule has 174 valence electrons. The predicted molar refractivity (Wildman–Crippen MR) is 130 cm³/mol. The van der Waals surface area contributed by atoms with Crippen LogP contribution in [-0.2, 0) is 23.1 Å². The average molecular weight is 497 g/mol. The Bertz CT molecular complexity index is 1550. The molecule has 7 nitrogen and oxygen atoms in total. The van der Waals surface area contributed by atoms with E-state index in [2.05, 4.69) is 4.98 Å². The van der Waals surface area contributed by atoms with Crippen LogP contribution in [0.1, 0.15) is 16.7 Å². The standard InChI is InChI=1S/C25H21ClN2O5S/c1-16-3-2-4-18-12-19(25(29)27-24(16)18)14-28(34(30,31)21-8-6-20(26)7-9-21)13-17-5-10-22-23(11-17)33-15-32-22/h2-12H,13-15H2,1H3,(H,27,29). The van der Waals surface area contributed by atoms with Gasteiger partial charge >= 0.3 is 0 Å². The number of fused-ring (bicyclic) bond motifs is 2. The number of sulfonamides is 1. The van der Waals surface area contributed by atoms with E-state index in [0.29, 0.717) is 27.6 Å². The average Bonchev–Trinajstić information content (AvgIpc) is 3.28. The van der Waals surface area contributed by atoms with Crippen LogP contribution >= 0.6 is 11.6 Å². The molecule has 1 N–H and O–H groups in total. The summed E-state index contributed by atoms with van der Waals surface area (Å²) in [6, 6.07) is 18.7. The largest absolute Gasteiger partial charge is 0.454 e. The lowest BCUT2D eigenvalue weighted by Gasteiger charge is -2.23. The molecule has 0 atom stereocenters. The number of ether oxygens (including phenoxy) is 2. The van der Waals surface area contributed by atoms with Crippen molar-refractivity contribution in [3.05, 3.63) is 98.8 Å². The summed E-state index contributed by atoms with van der Waals surface area (Å²) in [6.45, 7) is 1.96. The van der Waals surface area contributed by atoms with Gasteiger partial charge in [0.1, 0.15) is 0 Å². The Morgan fingerprint density at radius 2 is 1.74 bits per heavy atom. The van der Waals surface area contributed by atoms with Gasteiger partial charge in [-0.3, -0.25) is 4.79 Å². The van der Waals surface area contributed by atoms with Crippen LogP contribution in [0.5, 0.6) is 11.5 Å². The van der Waals surface area contributed by atoms with Crippen molar-refractivity contribution in [3.63, 3.8) is 0 Å². The summed E-state index contributed by atoms with van der Waals surface area (Å²) >= 11 is 5.96. The fourth-order valence-electron chi connectivity index (χ4n) is 3.96. The number of hydrogen-bond donors (Lipinski definition) is 1. The van der Waals surface area contributed by atoms with Crippen molar-refractivity contribution in [2.45, 2.75) is 24.9 Å². The van der Waals surface area contributed by atoms with Crippen LogP contribution in [-0.4, -0.2) is 24.5 Å². The summed E-state index contributed by atoms with van der Waals surface area (Å²) < 4.78 is 39.3. The molecule has 34 heavy (non-hydrogen) atoms. The SMILES string of the molecule is Cc1cccc2cc(CN(Cc3ccc4c(c3)OCO4)S(=O)(=O)c3ccc(Cl)cc3)c(=O)[nH]c12. The van der Waals surface area contributed by atoms with Crippen molar-refractivity contribution < 1.29 is 17.9 Å². The second-order valence-corrected chi connectivity index (χ2v) is 10.5. The summed E-state index contributed by atoms with van der Waals surface area (Å²) in [5.41, 5.74) is 2.39. The van der Waals surface area contributed by atoms with E-state index < -0.39 is 10.0 Å². The first-order valence-corrected chi connectivity index (χ1v) is 12.4. The van der Waals surface area contributed by atoms with Crippen molar-refractivity contribution in [2.75, 3.05) is 6.79 Å². The van der Waals surface area contributed by atoms with Gasteiger partial charge in [-0.05, 0) is 65.9 Å². The highest BCUT2D eigenvalue weighted by atomic mass is 35.5. The van der Waals surface area contributed by atoms with Gasteiger partial charge in [0.15, 0.2) is 11.5 Å². The third-order valence-electron chi connectivity index (χ3n) is 5.76. The van der Waals surface area contributed by atoms with Crippen LogP contribution in [0.4, 0.5) is 0 Å². The topological polar surface area (TPSA) is 88.7 Å². The molecular formula is C25H21ClN2O5S. The first kappa shape index (κ1) is 22.5. The second kappa shape index (κ2) is 8.79. The number of aromatic nitrogens is 1. The number of H-pyrrole nitrogens is 1. The Morgan fingerprint density at radius 3 is 2.53 bits per heavy atom. The zero-order valence-electron chi connectivity index (χ0n) is 18.2. The smallest absolute Gasteiger partial charge is 0.252 e. The van der Waals surface area contributed by atoms with Crippen LogP contribution in [0.3, 0.4) is 0 Å². The number of aryl methyl sites for hydroxylation is 1. The van der Waals surface area contributed by atoms with E-state index in [4.69, 9.17) is 21.1 Å². The third kappa shape index (κ3) is 4.27. The molecule has 1 aliphatic rings. The number of hydrogen-bond acceptors (Lipinski definition) is 5. The fraction of sp³-hybridized carbons (Fsp3) is 0.160. The zero-order valence-corrected chi connectivity index (χ0v) is 19.8. The second-order valence-electron chi connectivity index (χ2n) is 8.08. The summed E-state index contributed by atoms with van der Waals surface area (Å²) in [4.78, 5) is 15.9. The van der Waals surface area contributed by atoms with E-state index in [1.807, 2.05) is 25.1 Å². The lowest BCUT2D eigenvalue weighted by molar-refractivity contribution is 0.174. The van der Waals surface area contributed by atoms with Crippen molar-refractivity contribution in [1.82, 2.24) is 9.29 Å². The predicted octanol–water partition coefficient (Wildman–Crippen LogP) is 4.61. The Balaban J connectivity index is 1.56. The normalized spacial score (nSPS) is 13.0. The van der Waals surface area contributed by atoms with Crippen LogP contribution in [0, 0.1) is 6.92 Å². The number of aromatic amines is 1. The first-order valence-electron chi connectivity index (χ1n) is 10.6. The molecule has 0 bridgehead atoms. The summed E-state index contributed by atoms with van der Waals surface area (Å²) in [5.74, 6) is 1.16. The Morgan fingerprint density at radius 1 is 0.971 bits per heavy atom. The summed E-state index contributed by atoms with van der Waals surface area (Å²) in [5, 5.41) is 1.27. The minimum Gasteiger partial charge on any atom is -0.454 e. The minimum atomic E-state index is -3.96. The molecule has 1 aliphatic heterocycles. The maximum Gasteiger partial charge on any atom is 0.252 e. The molecule has 9 heteroatoms. The molecule has 0 saturated heterocycles.